The second-order valence-corrected chi connectivity index (χ2v) is 6.19. The molecule has 0 spiro atoms. The number of para-hydroxylation sites is 1. The molecule has 112 valence electrons. The van der Waals surface area contributed by atoms with Gasteiger partial charge in [-0.1, -0.05) is 31.5 Å². The molecule has 0 aliphatic carbocycles. The molecule has 1 amide bonds. The number of hydrogen-bond acceptors (Lipinski definition) is 3. The molecule has 1 heterocycles. The number of ether oxygens (including phenoxy) is 1. The lowest BCUT2D eigenvalue weighted by atomic mass is 10.1. The summed E-state index contributed by atoms with van der Waals surface area (Å²) in [6.07, 6.45) is 2.13. The fourth-order valence-corrected chi connectivity index (χ4v) is 3.25. The normalized spacial score (nSPS) is 10.4. The summed E-state index contributed by atoms with van der Waals surface area (Å²) in [6.45, 7) is 4.70. The molecule has 1 aromatic heterocycles. The van der Waals surface area contributed by atoms with Gasteiger partial charge in [-0.2, -0.15) is 0 Å². The highest BCUT2D eigenvalue weighted by molar-refractivity contribution is 7.14. The minimum absolute atomic E-state index is 0.0173. The van der Waals surface area contributed by atoms with Crippen LogP contribution in [0.1, 0.15) is 39.0 Å². The third-order valence-electron chi connectivity index (χ3n) is 3.40. The van der Waals surface area contributed by atoms with Gasteiger partial charge in [0, 0.05) is 17.0 Å². The summed E-state index contributed by atoms with van der Waals surface area (Å²) in [5.74, 6) is 0.781. The summed E-state index contributed by atoms with van der Waals surface area (Å²) in [5.41, 5.74) is 2.26. The second kappa shape index (κ2) is 7.27. The molecule has 0 aliphatic heterocycles. The van der Waals surface area contributed by atoms with Crippen molar-refractivity contribution >= 4 is 17.2 Å². The van der Waals surface area contributed by atoms with E-state index in [9.17, 15) is 4.79 Å². The van der Waals surface area contributed by atoms with Gasteiger partial charge < -0.3 is 10.1 Å². The van der Waals surface area contributed by atoms with Crippen molar-refractivity contribution in [2.45, 2.75) is 33.2 Å². The van der Waals surface area contributed by atoms with Crippen molar-refractivity contribution in [2.24, 2.45) is 0 Å². The lowest BCUT2D eigenvalue weighted by molar-refractivity contribution is 0.0954. The Balaban J connectivity index is 2.03. The molecular formula is C17H21NO2S. The molecule has 0 saturated heterocycles. The van der Waals surface area contributed by atoms with Crippen LogP contribution in [0.3, 0.4) is 0 Å². The number of aryl methyl sites for hydroxylation is 2. The van der Waals surface area contributed by atoms with Crippen LogP contribution in [-0.2, 0) is 13.0 Å². The van der Waals surface area contributed by atoms with Crippen LogP contribution in [0.4, 0.5) is 0 Å². The fourth-order valence-electron chi connectivity index (χ4n) is 2.26. The van der Waals surface area contributed by atoms with Crippen molar-refractivity contribution in [2.75, 3.05) is 7.11 Å². The number of thiophene rings is 1. The number of benzene rings is 1. The topological polar surface area (TPSA) is 38.3 Å². The summed E-state index contributed by atoms with van der Waals surface area (Å²) in [6, 6.07) is 9.74. The van der Waals surface area contributed by atoms with Gasteiger partial charge >= 0.3 is 0 Å². The SMILES string of the molecule is CCCc1cc(C(=O)NCc2ccccc2OC)sc1C. The van der Waals surface area contributed by atoms with E-state index in [1.807, 2.05) is 30.3 Å². The Morgan fingerprint density at radius 1 is 1.29 bits per heavy atom. The van der Waals surface area contributed by atoms with Crippen molar-refractivity contribution in [3.63, 3.8) is 0 Å². The summed E-state index contributed by atoms with van der Waals surface area (Å²) in [7, 11) is 1.64. The van der Waals surface area contributed by atoms with E-state index in [-0.39, 0.29) is 5.91 Å². The van der Waals surface area contributed by atoms with E-state index >= 15 is 0 Å². The van der Waals surface area contributed by atoms with Gasteiger partial charge in [0.15, 0.2) is 0 Å². The molecule has 1 aromatic carbocycles. The van der Waals surface area contributed by atoms with Crippen molar-refractivity contribution in [1.82, 2.24) is 5.32 Å². The minimum atomic E-state index is -0.0173. The van der Waals surface area contributed by atoms with Crippen LogP contribution in [0.25, 0.3) is 0 Å². The zero-order valence-corrected chi connectivity index (χ0v) is 13.5. The lowest BCUT2D eigenvalue weighted by Gasteiger charge is -2.08. The summed E-state index contributed by atoms with van der Waals surface area (Å²) in [4.78, 5) is 14.3. The predicted octanol–water partition coefficient (Wildman–Crippen LogP) is 3.95. The maximum absolute atomic E-state index is 12.2. The maximum atomic E-state index is 12.2. The average molecular weight is 303 g/mol. The van der Waals surface area contributed by atoms with Crippen LogP contribution in [0.15, 0.2) is 30.3 Å². The van der Waals surface area contributed by atoms with Crippen LogP contribution in [-0.4, -0.2) is 13.0 Å². The first-order valence-corrected chi connectivity index (χ1v) is 7.96. The summed E-state index contributed by atoms with van der Waals surface area (Å²) >= 11 is 1.56. The summed E-state index contributed by atoms with van der Waals surface area (Å²) in [5, 5.41) is 2.96. The monoisotopic (exact) mass is 303 g/mol. The van der Waals surface area contributed by atoms with E-state index in [1.54, 1.807) is 18.4 Å². The molecule has 0 fully saturated rings. The molecule has 21 heavy (non-hydrogen) atoms. The van der Waals surface area contributed by atoms with E-state index in [2.05, 4.69) is 19.2 Å². The van der Waals surface area contributed by atoms with Gasteiger partial charge in [-0.3, -0.25) is 4.79 Å². The molecule has 3 nitrogen and oxygen atoms in total. The number of rotatable bonds is 6. The van der Waals surface area contributed by atoms with Gasteiger partial charge in [-0.15, -0.1) is 11.3 Å². The van der Waals surface area contributed by atoms with Crippen molar-refractivity contribution in [3.05, 3.63) is 51.2 Å². The van der Waals surface area contributed by atoms with E-state index < -0.39 is 0 Å². The van der Waals surface area contributed by atoms with Crippen molar-refractivity contribution < 1.29 is 9.53 Å². The largest absolute Gasteiger partial charge is 0.496 e. The van der Waals surface area contributed by atoms with Gasteiger partial charge in [-0.05, 0) is 31.0 Å². The first-order chi connectivity index (χ1) is 10.2. The third-order valence-corrected chi connectivity index (χ3v) is 4.49. The van der Waals surface area contributed by atoms with Crippen molar-refractivity contribution in [3.8, 4) is 5.75 Å². The van der Waals surface area contributed by atoms with Crippen LogP contribution in [0.2, 0.25) is 0 Å². The molecule has 4 heteroatoms. The van der Waals surface area contributed by atoms with Crippen LogP contribution < -0.4 is 10.1 Å². The van der Waals surface area contributed by atoms with Crippen LogP contribution >= 0.6 is 11.3 Å². The molecule has 0 aliphatic rings. The van der Waals surface area contributed by atoms with Gasteiger partial charge in [-0.25, -0.2) is 0 Å². The molecule has 0 bridgehead atoms. The van der Waals surface area contributed by atoms with Gasteiger partial charge in [0.1, 0.15) is 5.75 Å². The van der Waals surface area contributed by atoms with E-state index in [4.69, 9.17) is 4.74 Å². The Morgan fingerprint density at radius 2 is 2.05 bits per heavy atom. The van der Waals surface area contributed by atoms with Crippen molar-refractivity contribution in [1.29, 1.82) is 0 Å². The molecule has 0 unspecified atom stereocenters. The summed E-state index contributed by atoms with van der Waals surface area (Å²) < 4.78 is 5.29. The zero-order chi connectivity index (χ0) is 15.2. The van der Waals surface area contributed by atoms with E-state index in [0.717, 1.165) is 29.0 Å². The lowest BCUT2D eigenvalue weighted by Crippen LogP contribution is -2.22. The van der Waals surface area contributed by atoms with Gasteiger partial charge in [0.05, 0.1) is 12.0 Å². The highest BCUT2D eigenvalue weighted by Crippen LogP contribution is 2.23. The molecule has 0 saturated carbocycles. The molecule has 0 atom stereocenters. The Hall–Kier alpha value is -1.81. The highest BCUT2D eigenvalue weighted by atomic mass is 32.1. The second-order valence-electron chi connectivity index (χ2n) is 4.94. The first-order valence-electron chi connectivity index (χ1n) is 7.15. The quantitative estimate of drug-likeness (QED) is 0.877. The zero-order valence-electron chi connectivity index (χ0n) is 12.7. The fraction of sp³-hybridized carbons (Fsp3) is 0.353. The Labute approximate surface area is 130 Å². The number of hydrogen-bond donors (Lipinski definition) is 1. The first kappa shape index (κ1) is 15.6. The molecular weight excluding hydrogens is 282 g/mol. The molecule has 0 radical (unpaired) electrons. The van der Waals surface area contributed by atoms with Gasteiger partial charge in [0.2, 0.25) is 0 Å². The smallest absolute Gasteiger partial charge is 0.261 e. The molecule has 1 N–H and O–H groups in total. The van der Waals surface area contributed by atoms with Crippen LogP contribution in [0, 0.1) is 6.92 Å². The van der Waals surface area contributed by atoms with Gasteiger partial charge in [0.25, 0.3) is 5.91 Å². The number of methoxy groups -OCH3 is 1. The Morgan fingerprint density at radius 3 is 2.76 bits per heavy atom. The molecule has 2 aromatic rings. The Kier molecular flexibility index (Phi) is 5.39. The Bertz CT molecular complexity index is 619. The third kappa shape index (κ3) is 3.85. The minimum Gasteiger partial charge on any atom is -0.496 e. The number of carbonyl (C=O) groups is 1. The number of nitrogens with one attached hydrogen (secondary N) is 1. The average Bonchev–Trinajstić information content (AvgIpc) is 2.87. The number of amides is 1. The molecule has 2 rings (SSSR count). The van der Waals surface area contributed by atoms with E-state index in [0.29, 0.717) is 6.54 Å². The van der Waals surface area contributed by atoms with E-state index in [1.165, 1.54) is 10.4 Å². The maximum Gasteiger partial charge on any atom is 0.261 e. The predicted molar refractivity (Wildman–Crippen MR) is 87.2 cm³/mol. The number of carbonyl (C=O) groups excluding carboxylic acids is 1. The van der Waals surface area contributed by atoms with Crippen LogP contribution in [0.5, 0.6) is 5.75 Å². The highest BCUT2D eigenvalue weighted by Gasteiger charge is 2.12. The standard InChI is InChI=1S/C17H21NO2S/c1-4-7-13-10-16(21-12(13)2)17(19)18-11-14-8-5-6-9-15(14)20-3/h5-6,8-10H,4,7,11H2,1-3H3,(H,18,19).